The van der Waals surface area contributed by atoms with E-state index < -0.39 is 6.09 Å². The molecule has 1 fully saturated rings. The number of nitrogens with zero attached hydrogens (tertiary/aromatic N) is 3. The number of ether oxygens (including phenoxy) is 1. The molecule has 5 rings (SSSR count). The van der Waals surface area contributed by atoms with E-state index in [2.05, 4.69) is 15.3 Å². The lowest BCUT2D eigenvalue weighted by Gasteiger charge is -2.20. The van der Waals surface area contributed by atoms with E-state index >= 15 is 0 Å². The fraction of sp³-hybridized carbons (Fsp3) is 0.192. The van der Waals surface area contributed by atoms with Crippen LogP contribution in [0.2, 0.25) is 0 Å². The number of fused-ring (bicyclic) bond motifs is 1. The molecule has 1 atom stereocenters. The molecular formula is C26H23FN4O3. The number of aromatic hydroxyl groups is 1. The lowest BCUT2D eigenvalue weighted by Crippen LogP contribution is -2.37. The SMILES string of the molecule is O=C(N[C@@H]1CCN(c2nc(-c3ccccc3O)nc3ccc(F)cc23)C1)OCc1ccccc1. The molecule has 1 aromatic heterocycles. The number of hydrogen-bond donors (Lipinski definition) is 2. The molecular weight excluding hydrogens is 435 g/mol. The first kappa shape index (κ1) is 21.6. The largest absolute Gasteiger partial charge is 0.507 e. The van der Waals surface area contributed by atoms with E-state index in [1.165, 1.54) is 12.1 Å². The molecule has 3 aromatic carbocycles. The van der Waals surface area contributed by atoms with Crippen LogP contribution < -0.4 is 10.2 Å². The Morgan fingerprint density at radius 1 is 1.09 bits per heavy atom. The van der Waals surface area contributed by atoms with Crippen molar-refractivity contribution < 1.29 is 19.0 Å². The van der Waals surface area contributed by atoms with E-state index in [-0.39, 0.29) is 24.2 Å². The fourth-order valence-electron chi connectivity index (χ4n) is 4.11. The van der Waals surface area contributed by atoms with Gasteiger partial charge in [0.15, 0.2) is 5.82 Å². The Morgan fingerprint density at radius 2 is 1.88 bits per heavy atom. The Labute approximate surface area is 195 Å². The maximum atomic E-state index is 14.1. The number of alkyl carbamates (subject to hydrolysis) is 1. The van der Waals surface area contributed by atoms with Crippen molar-refractivity contribution in [1.82, 2.24) is 15.3 Å². The van der Waals surface area contributed by atoms with E-state index in [0.29, 0.717) is 47.6 Å². The first-order valence-corrected chi connectivity index (χ1v) is 11.0. The lowest BCUT2D eigenvalue weighted by atomic mass is 10.1. The Hall–Kier alpha value is -4.20. The summed E-state index contributed by atoms with van der Waals surface area (Å²) in [6, 6.07) is 20.5. The Kier molecular flexibility index (Phi) is 5.95. The van der Waals surface area contributed by atoms with Crippen LogP contribution in [0.25, 0.3) is 22.3 Å². The summed E-state index contributed by atoms with van der Waals surface area (Å²) in [6.45, 7) is 1.30. The van der Waals surface area contributed by atoms with Crippen molar-refractivity contribution in [2.75, 3.05) is 18.0 Å². The van der Waals surface area contributed by atoms with Crippen LogP contribution in [-0.4, -0.2) is 40.3 Å². The quantitative estimate of drug-likeness (QED) is 0.453. The number of rotatable bonds is 5. The van der Waals surface area contributed by atoms with Gasteiger partial charge in [-0.2, -0.15) is 0 Å². The number of carbonyl (C=O) groups excluding carboxylic acids is 1. The average molecular weight is 458 g/mol. The van der Waals surface area contributed by atoms with Gasteiger partial charge in [-0.25, -0.2) is 19.2 Å². The Morgan fingerprint density at radius 3 is 2.71 bits per heavy atom. The smallest absolute Gasteiger partial charge is 0.407 e. The summed E-state index contributed by atoms with van der Waals surface area (Å²) in [5, 5.41) is 13.8. The topological polar surface area (TPSA) is 87.6 Å². The molecule has 1 saturated heterocycles. The molecule has 7 nitrogen and oxygen atoms in total. The predicted molar refractivity (Wildman–Crippen MR) is 127 cm³/mol. The van der Waals surface area contributed by atoms with E-state index in [9.17, 15) is 14.3 Å². The Balaban J connectivity index is 1.36. The summed E-state index contributed by atoms with van der Waals surface area (Å²) in [5.74, 6) is 0.596. The molecule has 0 aliphatic carbocycles. The fourth-order valence-corrected chi connectivity index (χ4v) is 4.11. The van der Waals surface area contributed by atoms with Crippen molar-refractivity contribution in [3.63, 3.8) is 0 Å². The number of hydrogen-bond acceptors (Lipinski definition) is 6. The number of phenols is 1. The van der Waals surface area contributed by atoms with Gasteiger partial charge in [-0.05, 0) is 42.3 Å². The van der Waals surface area contributed by atoms with Gasteiger partial charge in [0.1, 0.15) is 24.0 Å². The standard InChI is InChI=1S/C26H23FN4O3/c27-18-10-11-22-21(14-18)25(30-24(29-22)20-8-4-5-9-23(20)32)31-13-12-19(15-31)28-26(33)34-16-17-6-2-1-3-7-17/h1-11,14,19,32H,12-13,15-16H2,(H,28,33)/t19-/m1/s1. The minimum atomic E-state index is -0.482. The number of anilines is 1. The highest BCUT2D eigenvalue weighted by Gasteiger charge is 2.27. The molecule has 0 unspecified atom stereocenters. The number of aromatic nitrogens is 2. The van der Waals surface area contributed by atoms with Crippen molar-refractivity contribution in [3.8, 4) is 17.1 Å². The lowest BCUT2D eigenvalue weighted by molar-refractivity contribution is 0.136. The van der Waals surface area contributed by atoms with Crippen LogP contribution in [0.15, 0.2) is 72.8 Å². The van der Waals surface area contributed by atoms with Crippen LogP contribution in [0.5, 0.6) is 5.75 Å². The summed E-state index contributed by atoms with van der Waals surface area (Å²) in [6.07, 6.45) is 0.205. The summed E-state index contributed by atoms with van der Waals surface area (Å²) in [5.41, 5.74) is 1.98. The average Bonchev–Trinajstić information content (AvgIpc) is 3.31. The third kappa shape index (κ3) is 4.61. The first-order chi connectivity index (χ1) is 16.6. The van der Waals surface area contributed by atoms with Gasteiger partial charge in [-0.15, -0.1) is 0 Å². The second-order valence-electron chi connectivity index (χ2n) is 8.19. The van der Waals surface area contributed by atoms with E-state index in [1.807, 2.05) is 35.2 Å². The monoisotopic (exact) mass is 458 g/mol. The number of carbonyl (C=O) groups is 1. The third-order valence-electron chi connectivity index (χ3n) is 5.81. The van der Waals surface area contributed by atoms with Crippen LogP contribution in [0.4, 0.5) is 15.0 Å². The summed E-state index contributed by atoms with van der Waals surface area (Å²) >= 11 is 0. The second-order valence-corrected chi connectivity index (χ2v) is 8.19. The van der Waals surface area contributed by atoms with Crippen molar-refractivity contribution in [2.45, 2.75) is 19.1 Å². The predicted octanol–water partition coefficient (Wildman–Crippen LogP) is 4.65. The number of halogens is 1. The van der Waals surface area contributed by atoms with Crippen molar-refractivity contribution in [2.24, 2.45) is 0 Å². The number of para-hydroxylation sites is 1. The zero-order chi connectivity index (χ0) is 23.5. The third-order valence-corrected chi connectivity index (χ3v) is 5.81. The van der Waals surface area contributed by atoms with Crippen LogP contribution in [-0.2, 0) is 11.3 Å². The molecule has 4 aromatic rings. The van der Waals surface area contributed by atoms with Crippen LogP contribution >= 0.6 is 0 Å². The summed E-state index contributed by atoms with van der Waals surface area (Å²) in [4.78, 5) is 23.5. The molecule has 2 N–H and O–H groups in total. The Bertz CT molecular complexity index is 1330. The number of nitrogens with one attached hydrogen (secondary N) is 1. The first-order valence-electron chi connectivity index (χ1n) is 11.0. The van der Waals surface area contributed by atoms with E-state index in [0.717, 1.165) is 5.56 Å². The van der Waals surface area contributed by atoms with E-state index in [1.54, 1.807) is 30.3 Å². The summed E-state index contributed by atoms with van der Waals surface area (Å²) < 4.78 is 19.4. The zero-order valence-corrected chi connectivity index (χ0v) is 18.3. The van der Waals surface area contributed by atoms with Gasteiger partial charge in [0.05, 0.1) is 17.1 Å². The maximum Gasteiger partial charge on any atom is 0.407 e. The van der Waals surface area contributed by atoms with Crippen LogP contribution in [0.3, 0.4) is 0 Å². The van der Waals surface area contributed by atoms with Crippen LogP contribution in [0, 0.1) is 5.82 Å². The van der Waals surface area contributed by atoms with Crippen molar-refractivity contribution in [3.05, 3.63) is 84.2 Å². The molecule has 172 valence electrons. The maximum absolute atomic E-state index is 14.1. The van der Waals surface area contributed by atoms with Gasteiger partial charge >= 0.3 is 6.09 Å². The highest BCUT2D eigenvalue weighted by atomic mass is 19.1. The van der Waals surface area contributed by atoms with Gasteiger partial charge in [0.25, 0.3) is 0 Å². The van der Waals surface area contributed by atoms with Gasteiger partial charge in [0, 0.05) is 18.5 Å². The highest BCUT2D eigenvalue weighted by Crippen LogP contribution is 2.33. The molecule has 34 heavy (non-hydrogen) atoms. The van der Waals surface area contributed by atoms with Crippen molar-refractivity contribution in [1.29, 1.82) is 0 Å². The van der Waals surface area contributed by atoms with Gasteiger partial charge < -0.3 is 20.1 Å². The molecule has 0 bridgehead atoms. The minimum Gasteiger partial charge on any atom is -0.507 e. The molecule has 8 heteroatoms. The van der Waals surface area contributed by atoms with E-state index in [4.69, 9.17) is 4.74 Å². The number of phenolic OH excluding ortho intramolecular Hbond substituents is 1. The van der Waals surface area contributed by atoms with Gasteiger partial charge in [-0.1, -0.05) is 42.5 Å². The molecule has 2 heterocycles. The van der Waals surface area contributed by atoms with Crippen LogP contribution in [0.1, 0.15) is 12.0 Å². The molecule has 0 spiro atoms. The zero-order valence-electron chi connectivity index (χ0n) is 18.3. The number of amides is 1. The van der Waals surface area contributed by atoms with Gasteiger partial charge in [0.2, 0.25) is 0 Å². The number of benzene rings is 3. The minimum absolute atomic E-state index is 0.0667. The van der Waals surface area contributed by atoms with Gasteiger partial charge in [-0.3, -0.25) is 0 Å². The molecule has 0 radical (unpaired) electrons. The second kappa shape index (κ2) is 9.35. The molecule has 1 aliphatic rings. The van der Waals surface area contributed by atoms with Crippen molar-refractivity contribution >= 4 is 22.8 Å². The molecule has 1 amide bonds. The summed E-state index contributed by atoms with van der Waals surface area (Å²) in [7, 11) is 0. The highest BCUT2D eigenvalue weighted by molar-refractivity contribution is 5.91. The molecule has 1 aliphatic heterocycles. The normalized spacial score (nSPS) is 15.4. The molecule has 0 saturated carbocycles.